The van der Waals surface area contributed by atoms with Gasteiger partial charge in [0.15, 0.2) is 0 Å². The van der Waals surface area contributed by atoms with Crippen molar-refractivity contribution < 1.29 is 13.2 Å². The lowest BCUT2D eigenvalue weighted by Crippen LogP contribution is -2.46. The van der Waals surface area contributed by atoms with Gasteiger partial charge in [-0.05, 0) is 18.6 Å². The summed E-state index contributed by atoms with van der Waals surface area (Å²) in [7, 11) is 0. The Morgan fingerprint density at radius 1 is 1.13 bits per heavy atom. The van der Waals surface area contributed by atoms with Crippen molar-refractivity contribution in [3.8, 4) is 0 Å². The molecule has 0 bridgehead atoms. The lowest BCUT2D eigenvalue weighted by Gasteiger charge is -2.34. The largest absolute Gasteiger partial charge is 0.408 e. The van der Waals surface area contributed by atoms with E-state index in [0.717, 1.165) is 60.9 Å². The molecule has 31 heavy (non-hydrogen) atoms. The average molecular weight is 436 g/mol. The molecule has 0 amide bonds. The molecule has 0 radical (unpaired) electrons. The highest BCUT2D eigenvalue weighted by molar-refractivity contribution is 5.40. The molecule has 2 aromatic heterocycles. The number of nitrogens with zero attached hydrogens (tertiary/aromatic N) is 4. The second-order valence-corrected chi connectivity index (χ2v) is 8.48. The van der Waals surface area contributed by atoms with Crippen molar-refractivity contribution in [1.82, 2.24) is 36.2 Å². The normalized spacial score (nSPS) is 29.2. The highest BCUT2D eigenvalue weighted by Crippen LogP contribution is 2.38. The highest BCUT2D eigenvalue weighted by atomic mass is 19.4. The van der Waals surface area contributed by atoms with Crippen LogP contribution in [-0.4, -0.2) is 59.7 Å². The molecule has 0 aliphatic carbocycles. The number of rotatable bonds is 4. The van der Waals surface area contributed by atoms with E-state index >= 15 is 0 Å². The molecule has 0 spiro atoms. The number of piperidine rings is 1. The first-order chi connectivity index (χ1) is 15.0. The lowest BCUT2D eigenvalue weighted by molar-refractivity contribution is -0.142. The second-order valence-electron chi connectivity index (χ2n) is 8.48. The number of anilines is 1. The molecule has 4 N–H and O–H groups in total. The molecule has 3 fully saturated rings. The summed E-state index contributed by atoms with van der Waals surface area (Å²) in [4.78, 5) is 7.24. The van der Waals surface area contributed by atoms with Gasteiger partial charge in [0, 0.05) is 62.5 Å². The molecule has 168 valence electrons. The molecule has 3 aliphatic rings. The Balaban J connectivity index is 1.31. The van der Waals surface area contributed by atoms with Gasteiger partial charge in [0.25, 0.3) is 0 Å². The number of pyridine rings is 1. The van der Waals surface area contributed by atoms with Crippen molar-refractivity contribution in [2.24, 2.45) is 5.92 Å². The first-order valence-corrected chi connectivity index (χ1v) is 10.7. The first-order valence-electron chi connectivity index (χ1n) is 10.7. The van der Waals surface area contributed by atoms with Crippen molar-refractivity contribution >= 4 is 5.82 Å². The van der Waals surface area contributed by atoms with E-state index < -0.39 is 12.7 Å². The Morgan fingerprint density at radius 3 is 2.77 bits per heavy atom. The van der Waals surface area contributed by atoms with Crippen LogP contribution in [0.4, 0.5) is 19.0 Å². The molecule has 0 aromatic carbocycles. The fraction of sp³-hybridized carbons (Fsp3) is 0.600. The summed E-state index contributed by atoms with van der Waals surface area (Å²) < 4.78 is 39.0. The van der Waals surface area contributed by atoms with Crippen LogP contribution in [0.3, 0.4) is 0 Å². The zero-order valence-corrected chi connectivity index (χ0v) is 17.1. The summed E-state index contributed by atoms with van der Waals surface area (Å²) in [6.45, 7) is 3.44. The number of halogens is 3. The SMILES string of the molecule is FC(F)(F)Cn1cc(C2CC3C(CN2)NNC3c2cccc(N3CCNCC3)n2)cn1. The molecule has 3 aliphatic heterocycles. The number of hydrazine groups is 1. The minimum Gasteiger partial charge on any atom is -0.354 e. The number of hydrogen-bond acceptors (Lipinski definition) is 7. The quantitative estimate of drug-likeness (QED) is 0.572. The lowest BCUT2D eigenvalue weighted by atomic mass is 9.82. The summed E-state index contributed by atoms with van der Waals surface area (Å²) in [5, 5.41) is 10.7. The maximum atomic E-state index is 12.7. The third-order valence-corrected chi connectivity index (χ3v) is 6.37. The van der Waals surface area contributed by atoms with E-state index in [4.69, 9.17) is 4.98 Å². The Kier molecular flexibility index (Phi) is 5.59. The predicted molar refractivity (Wildman–Crippen MR) is 109 cm³/mol. The molecule has 2 aromatic rings. The summed E-state index contributed by atoms with van der Waals surface area (Å²) in [6.07, 6.45) is -0.455. The molecular weight excluding hydrogens is 409 g/mol. The van der Waals surface area contributed by atoms with Gasteiger partial charge in [0.1, 0.15) is 12.4 Å². The van der Waals surface area contributed by atoms with Gasteiger partial charge in [-0.2, -0.15) is 18.3 Å². The molecule has 0 saturated carbocycles. The van der Waals surface area contributed by atoms with Gasteiger partial charge < -0.3 is 15.5 Å². The smallest absolute Gasteiger partial charge is 0.354 e. The summed E-state index contributed by atoms with van der Waals surface area (Å²) in [5.41, 5.74) is 8.55. The highest BCUT2D eigenvalue weighted by Gasteiger charge is 2.42. The van der Waals surface area contributed by atoms with Crippen LogP contribution in [0.25, 0.3) is 0 Å². The number of hydrogen-bond donors (Lipinski definition) is 4. The maximum absolute atomic E-state index is 12.7. The average Bonchev–Trinajstić information content (AvgIpc) is 3.40. The van der Waals surface area contributed by atoms with Gasteiger partial charge in [-0.25, -0.2) is 10.4 Å². The standard InChI is InChI=1S/C20H27F3N8/c21-20(22,23)12-31-11-13(9-26-31)16-8-14-17(10-25-16)28-29-19(14)15-2-1-3-18(27-15)30-6-4-24-5-7-30/h1-3,9,11,14,16-17,19,24-25,28-29H,4-8,10,12H2. The minimum atomic E-state index is -4.28. The van der Waals surface area contributed by atoms with Crippen LogP contribution in [0.5, 0.6) is 0 Å². The van der Waals surface area contributed by atoms with Crippen molar-refractivity contribution in [2.45, 2.75) is 37.3 Å². The van der Waals surface area contributed by atoms with E-state index in [0.29, 0.717) is 0 Å². The second kappa shape index (κ2) is 8.38. The number of fused-ring (bicyclic) bond motifs is 1. The van der Waals surface area contributed by atoms with Crippen LogP contribution in [0, 0.1) is 5.92 Å². The minimum absolute atomic E-state index is 0.0382. The van der Waals surface area contributed by atoms with Crippen LogP contribution in [0.2, 0.25) is 0 Å². The summed E-state index contributed by atoms with van der Waals surface area (Å²) in [5.74, 6) is 1.26. The molecule has 3 saturated heterocycles. The monoisotopic (exact) mass is 436 g/mol. The Bertz CT molecular complexity index is 895. The molecule has 4 atom stereocenters. The van der Waals surface area contributed by atoms with E-state index in [1.807, 2.05) is 6.07 Å². The zero-order valence-electron chi connectivity index (χ0n) is 17.1. The number of aromatic nitrogens is 3. The number of nitrogens with one attached hydrogen (secondary N) is 4. The summed E-state index contributed by atoms with van der Waals surface area (Å²) >= 11 is 0. The van der Waals surface area contributed by atoms with E-state index in [2.05, 4.69) is 43.6 Å². The maximum Gasteiger partial charge on any atom is 0.408 e. The van der Waals surface area contributed by atoms with E-state index in [1.165, 1.54) is 12.4 Å². The summed E-state index contributed by atoms with van der Waals surface area (Å²) in [6, 6.07) is 6.39. The van der Waals surface area contributed by atoms with Gasteiger partial charge in [-0.15, -0.1) is 0 Å². The van der Waals surface area contributed by atoms with Gasteiger partial charge >= 0.3 is 6.18 Å². The molecule has 4 unspecified atom stereocenters. The van der Waals surface area contributed by atoms with Gasteiger partial charge in [0.05, 0.1) is 17.9 Å². The van der Waals surface area contributed by atoms with E-state index in [-0.39, 0.29) is 24.0 Å². The molecular formula is C20H27F3N8. The van der Waals surface area contributed by atoms with Crippen LogP contribution in [-0.2, 0) is 6.54 Å². The van der Waals surface area contributed by atoms with Crippen LogP contribution in [0.1, 0.15) is 29.8 Å². The van der Waals surface area contributed by atoms with Crippen molar-refractivity contribution in [2.75, 3.05) is 37.6 Å². The van der Waals surface area contributed by atoms with Gasteiger partial charge in [-0.3, -0.25) is 10.1 Å². The van der Waals surface area contributed by atoms with Gasteiger partial charge in [0.2, 0.25) is 0 Å². The molecule has 5 heterocycles. The fourth-order valence-corrected chi connectivity index (χ4v) is 4.83. The first kappa shape index (κ1) is 20.7. The van der Waals surface area contributed by atoms with Crippen molar-refractivity contribution in [3.05, 3.63) is 41.9 Å². The molecule has 5 rings (SSSR count). The van der Waals surface area contributed by atoms with Crippen LogP contribution >= 0.6 is 0 Å². The fourth-order valence-electron chi connectivity index (χ4n) is 4.83. The van der Waals surface area contributed by atoms with Gasteiger partial charge in [-0.1, -0.05) is 6.07 Å². The Morgan fingerprint density at radius 2 is 1.97 bits per heavy atom. The van der Waals surface area contributed by atoms with Crippen LogP contribution < -0.4 is 26.4 Å². The van der Waals surface area contributed by atoms with Crippen LogP contribution in [0.15, 0.2) is 30.6 Å². The number of alkyl halides is 3. The predicted octanol–water partition coefficient (Wildman–Crippen LogP) is 1.12. The van der Waals surface area contributed by atoms with Crippen molar-refractivity contribution in [3.63, 3.8) is 0 Å². The third kappa shape index (κ3) is 4.54. The molecule has 8 nitrogen and oxygen atoms in total. The zero-order chi connectivity index (χ0) is 21.4. The Hall–Kier alpha value is -2.21. The topological polar surface area (TPSA) is 82.1 Å². The van der Waals surface area contributed by atoms with E-state index in [1.54, 1.807) is 0 Å². The van der Waals surface area contributed by atoms with Crippen molar-refractivity contribution in [1.29, 1.82) is 0 Å². The molecule has 11 heteroatoms. The Labute approximate surface area is 178 Å². The number of piperazine rings is 1. The van der Waals surface area contributed by atoms with E-state index in [9.17, 15) is 13.2 Å². The third-order valence-electron chi connectivity index (χ3n) is 6.37.